The largest absolute Gasteiger partial charge is 0.355 e. The molecule has 0 aliphatic carbocycles. The van der Waals surface area contributed by atoms with Crippen LogP contribution in [0, 0.1) is 5.92 Å². The predicted octanol–water partition coefficient (Wildman–Crippen LogP) is 4.52. The number of hydrogen-bond donors (Lipinski definition) is 1. The first-order chi connectivity index (χ1) is 11.8. The fourth-order valence-electron chi connectivity index (χ4n) is 2.31. The summed E-state index contributed by atoms with van der Waals surface area (Å²) in [4.78, 5) is 12.0. The minimum absolute atomic E-state index is 0.0160. The van der Waals surface area contributed by atoms with Gasteiger partial charge in [-0.25, -0.2) is 0 Å². The van der Waals surface area contributed by atoms with Gasteiger partial charge < -0.3 is 9.88 Å². The molecule has 0 spiro atoms. The molecule has 0 bridgehead atoms. The quantitative estimate of drug-likeness (QED) is 0.693. The molecule has 2 rings (SSSR count). The number of carbonyl (C=O) groups excluding carboxylic acids is 1. The molecular formula is C17H22Cl2N4OS. The molecular weight excluding hydrogens is 379 g/mol. The van der Waals surface area contributed by atoms with Crippen molar-refractivity contribution in [3.63, 3.8) is 0 Å². The topological polar surface area (TPSA) is 59.8 Å². The third kappa shape index (κ3) is 5.12. The van der Waals surface area contributed by atoms with Crippen molar-refractivity contribution in [3.8, 4) is 11.4 Å². The van der Waals surface area contributed by atoms with Crippen LogP contribution >= 0.6 is 35.0 Å². The Labute approximate surface area is 162 Å². The van der Waals surface area contributed by atoms with Crippen molar-refractivity contribution in [3.05, 3.63) is 28.2 Å². The first-order valence-electron chi connectivity index (χ1n) is 8.16. The summed E-state index contributed by atoms with van der Waals surface area (Å²) < 4.78 is 2.01. The van der Waals surface area contributed by atoms with Gasteiger partial charge in [0.25, 0.3) is 0 Å². The van der Waals surface area contributed by atoms with Gasteiger partial charge in [0.1, 0.15) is 0 Å². The number of thioether (sulfide) groups is 1. The normalized spacial score (nSPS) is 12.4. The fourth-order valence-corrected chi connectivity index (χ4v) is 3.68. The molecule has 0 saturated carbocycles. The van der Waals surface area contributed by atoms with E-state index in [0.29, 0.717) is 33.5 Å². The van der Waals surface area contributed by atoms with Crippen LogP contribution in [0.1, 0.15) is 27.7 Å². The van der Waals surface area contributed by atoms with E-state index in [-0.39, 0.29) is 11.2 Å². The zero-order valence-corrected chi connectivity index (χ0v) is 17.0. The SMILES string of the molecule is CCNC(=O)[C@@H](C)Sc1nnc(-c2ccc(Cl)cc2Cl)n1CC(C)C. The van der Waals surface area contributed by atoms with E-state index in [1.165, 1.54) is 11.8 Å². The standard InChI is InChI=1S/C17H22Cl2N4OS/c1-5-20-16(24)11(4)25-17-22-21-15(23(17)9-10(2)3)13-7-6-12(18)8-14(13)19/h6-8,10-11H,5,9H2,1-4H3,(H,20,24)/t11-/m1/s1. The number of benzene rings is 1. The molecule has 1 aromatic carbocycles. The molecule has 0 aliphatic heterocycles. The Balaban J connectivity index is 2.38. The van der Waals surface area contributed by atoms with E-state index in [2.05, 4.69) is 29.4 Å². The van der Waals surface area contributed by atoms with Gasteiger partial charge in [-0.1, -0.05) is 48.8 Å². The maximum atomic E-state index is 12.0. The molecule has 1 heterocycles. The molecule has 0 radical (unpaired) electrons. The van der Waals surface area contributed by atoms with Gasteiger partial charge in [0.15, 0.2) is 11.0 Å². The molecule has 8 heteroatoms. The average molecular weight is 401 g/mol. The van der Waals surface area contributed by atoms with Crippen molar-refractivity contribution < 1.29 is 4.79 Å². The Morgan fingerprint density at radius 3 is 2.60 bits per heavy atom. The Morgan fingerprint density at radius 1 is 1.28 bits per heavy atom. The van der Waals surface area contributed by atoms with E-state index < -0.39 is 0 Å². The molecule has 1 amide bonds. The third-order valence-corrected chi connectivity index (χ3v) is 5.07. The smallest absolute Gasteiger partial charge is 0.233 e. The van der Waals surface area contributed by atoms with Crippen LogP contribution in [0.2, 0.25) is 10.0 Å². The van der Waals surface area contributed by atoms with E-state index >= 15 is 0 Å². The van der Waals surface area contributed by atoms with Crippen molar-refractivity contribution in [1.82, 2.24) is 20.1 Å². The lowest BCUT2D eigenvalue weighted by molar-refractivity contribution is -0.120. The van der Waals surface area contributed by atoms with Gasteiger partial charge in [0, 0.05) is 23.7 Å². The first kappa shape index (κ1) is 20.1. The number of carbonyl (C=O) groups is 1. The lowest BCUT2D eigenvalue weighted by Gasteiger charge is -2.15. The Hall–Kier alpha value is -1.24. The van der Waals surface area contributed by atoms with Crippen LogP contribution in [-0.2, 0) is 11.3 Å². The maximum absolute atomic E-state index is 12.0. The summed E-state index contributed by atoms with van der Waals surface area (Å²) in [6.07, 6.45) is 0. The second-order valence-electron chi connectivity index (χ2n) is 6.09. The minimum atomic E-state index is -0.261. The first-order valence-corrected chi connectivity index (χ1v) is 9.80. The molecule has 0 saturated heterocycles. The van der Waals surface area contributed by atoms with Crippen LogP contribution < -0.4 is 5.32 Å². The zero-order chi connectivity index (χ0) is 18.6. The van der Waals surface area contributed by atoms with Gasteiger partial charge in [-0.2, -0.15) is 0 Å². The number of halogens is 2. The number of rotatable bonds is 7. The monoisotopic (exact) mass is 400 g/mol. The van der Waals surface area contributed by atoms with E-state index in [1.54, 1.807) is 12.1 Å². The average Bonchev–Trinajstić information content (AvgIpc) is 2.89. The summed E-state index contributed by atoms with van der Waals surface area (Å²) in [5.41, 5.74) is 0.775. The summed E-state index contributed by atoms with van der Waals surface area (Å²) in [5.74, 6) is 1.05. The summed E-state index contributed by atoms with van der Waals surface area (Å²) in [5, 5.41) is 13.0. The highest BCUT2D eigenvalue weighted by molar-refractivity contribution is 8.00. The second-order valence-corrected chi connectivity index (χ2v) is 8.24. The number of hydrogen-bond acceptors (Lipinski definition) is 4. The van der Waals surface area contributed by atoms with Crippen LogP contribution in [0.3, 0.4) is 0 Å². The van der Waals surface area contributed by atoms with E-state index in [0.717, 1.165) is 12.1 Å². The van der Waals surface area contributed by atoms with Crippen molar-refractivity contribution in [2.75, 3.05) is 6.54 Å². The Bertz CT molecular complexity index is 748. The van der Waals surface area contributed by atoms with E-state index in [9.17, 15) is 4.79 Å². The van der Waals surface area contributed by atoms with Crippen molar-refractivity contribution in [1.29, 1.82) is 0 Å². The van der Waals surface area contributed by atoms with Gasteiger partial charge >= 0.3 is 0 Å². The summed E-state index contributed by atoms with van der Waals surface area (Å²) in [6, 6.07) is 5.31. The molecule has 1 aromatic heterocycles. The minimum Gasteiger partial charge on any atom is -0.355 e. The number of nitrogens with one attached hydrogen (secondary N) is 1. The zero-order valence-electron chi connectivity index (χ0n) is 14.7. The lowest BCUT2D eigenvalue weighted by Crippen LogP contribution is -2.30. The number of amides is 1. The molecule has 0 fully saturated rings. The molecule has 2 aromatic rings. The number of nitrogens with zero attached hydrogens (tertiary/aromatic N) is 3. The van der Waals surface area contributed by atoms with Crippen LogP contribution in [0.5, 0.6) is 0 Å². The molecule has 1 N–H and O–H groups in total. The van der Waals surface area contributed by atoms with Gasteiger partial charge in [-0.05, 0) is 38.0 Å². The second kappa shape index (κ2) is 8.92. The van der Waals surface area contributed by atoms with Gasteiger partial charge in [0.05, 0.1) is 10.3 Å². The Morgan fingerprint density at radius 2 is 2.00 bits per heavy atom. The lowest BCUT2D eigenvalue weighted by atomic mass is 10.2. The highest BCUT2D eigenvalue weighted by Crippen LogP contribution is 2.32. The fraction of sp³-hybridized carbons (Fsp3) is 0.471. The van der Waals surface area contributed by atoms with Gasteiger partial charge in [-0.3, -0.25) is 4.79 Å². The van der Waals surface area contributed by atoms with Gasteiger partial charge in [0.2, 0.25) is 5.91 Å². The van der Waals surface area contributed by atoms with E-state index in [1.807, 2.05) is 24.5 Å². The van der Waals surface area contributed by atoms with Crippen molar-refractivity contribution in [2.45, 2.75) is 44.6 Å². The molecule has 0 aliphatic rings. The summed E-state index contributed by atoms with van der Waals surface area (Å²) >= 11 is 13.7. The highest BCUT2D eigenvalue weighted by Gasteiger charge is 2.22. The van der Waals surface area contributed by atoms with Gasteiger partial charge in [-0.15, -0.1) is 10.2 Å². The van der Waals surface area contributed by atoms with Crippen molar-refractivity contribution >= 4 is 40.9 Å². The number of aromatic nitrogens is 3. The summed E-state index contributed by atoms with van der Waals surface area (Å²) in [7, 11) is 0. The van der Waals surface area contributed by atoms with Crippen molar-refractivity contribution in [2.24, 2.45) is 5.92 Å². The van der Waals surface area contributed by atoms with E-state index in [4.69, 9.17) is 23.2 Å². The summed E-state index contributed by atoms with van der Waals surface area (Å²) in [6.45, 7) is 9.33. The molecule has 136 valence electrons. The third-order valence-electron chi connectivity index (χ3n) is 3.44. The highest BCUT2D eigenvalue weighted by atomic mass is 35.5. The van der Waals surface area contributed by atoms with Crippen LogP contribution in [0.25, 0.3) is 11.4 Å². The predicted molar refractivity (Wildman–Crippen MR) is 104 cm³/mol. The molecule has 0 unspecified atom stereocenters. The maximum Gasteiger partial charge on any atom is 0.233 e. The molecule has 5 nitrogen and oxygen atoms in total. The molecule has 1 atom stereocenters. The van der Waals surface area contributed by atoms with Crippen LogP contribution in [0.4, 0.5) is 0 Å². The Kier molecular flexibility index (Phi) is 7.16. The molecule has 25 heavy (non-hydrogen) atoms. The van der Waals surface area contributed by atoms with Crippen LogP contribution in [0.15, 0.2) is 23.4 Å². The van der Waals surface area contributed by atoms with Crippen LogP contribution in [-0.4, -0.2) is 32.5 Å².